The molecule has 1 aromatic carbocycles. The zero-order chi connectivity index (χ0) is 22.3. The molecule has 4 aliphatic rings. The number of phenolic OH excluding ortho intramolecular Hbond substituents is 1. The van der Waals surface area contributed by atoms with Gasteiger partial charge >= 0.3 is 0 Å². The van der Waals surface area contributed by atoms with Gasteiger partial charge in [0.25, 0.3) is 0 Å². The molecule has 0 spiro atoms. The fourth-order valence-electron chi connectivity index (χ4n) is 5.25. The second-order valence-corrected chi connectivity index (χ2v) is 12.5. The van der Waals surface area contributed by atoms with Gasteiger partial charge in [-0.2, -0.15) is 4.31 Å². The van der Waals surface area contributed by atoms with Gasteiger partial charge in [-0.05, 0) is 36.1 Å². The molecule has 32 heavy (non-hydrogen) atoms. The van der Waals surface area contributed by atoms with Crippen LogP contribution < -0.4 is 4.90 Å². The van der Waals surface area contributed by atoms with Gasteiger partial charge in [-0.25, -0.2) is 8.42 Å². The van der Waals surface area contributed by atoms with Crippen LogP contribution in [0.4, 0.5) is 5.69 Å². The zero-order valence-corrected chi connectivity index (χ0v) is 19.5. The van der Waals surface area contributed by atoms with E-state index in [0.29, 0.717) is 58.7 Å². The Hall–Kier alpha value is -1.59. The highest BCUT2D eigenvalue weighted by Crippen LogP contribution is 2.34. The quantitative estimate of drug-likeness (QED) is 0.682. The van der Waals surface area contributed by atoms with E-state index in [1.54, 1.807) is 16.4 Å². The third-order valence-corrected chi connectivity index (χ3v) is 10.7. The standard InChI is InChI=1S/C22H29N3O5S2/c26-20-5-3-16(4-6-20)24-8-7-23(32(28,29)22-2-1-9-31-22)12-19(24)13-25-17-10-21(27)11-18(25)15-30-14-17/h1,3-6,9,17-19,22,26H,2,7-8,10-15H2/t17-,18+,19-,22?/m1/s1. The van der Waals surface area contributed by atoms with Crippen molar-refractivity contribution in [2.45, 2.75) is 42.0 Å². The monoisotopic (exact) mass is 479 g/mol. The first-order valence-electron chi connectivity index (χ1n) is 11.1. The van der Waals surface area contributed by atoms with E-state index in [0.717, 1.165) is 5.69 Å². The lowest BCUT2D eigenvalue weighted by Gasteiger charge is -2.50. The number of piperidine rings is 1. The summed E-state index contributed by atoms with van der Waals surface area (Å²) in [4.78, 5) is 16.8. The minimum Gasteiger partial charge on any atom is -0.508 e. The summed E-state index contributed by atoms with van der Waals surface area (Å²) < 4.78 is 33.5. The number of ether oxygens (including phenoxy) is 1. The maximum absolute atomic E-state index is 13.3. The maximum Gasteiger partial charge on any atom is 0.227 e. The molecule has 3 fully saturated rings. The number of carbonyl (C=O) groups is 1. The number of morpholine rings is 1. The lowest BCUT2D eigenvalue weighted by molar-refractivity contribution is -0.136. The van der Waals surface area contributed by atoms with Crippen LogP contribution in [0.1, 0.15) is 19.3 Å². The average Bonchev–Trinajstić information content (AvgIpc) is 3.31. The Balaban J connectivity index is 1.40. The number of sulfonamides is 1. The van der Waals surface area contributed by atoms with E-state index in [2.05, 4.69) is 9.80 Å². The van der Waals surface area contributed by atoms with Gasteiger partial charge in [-0.15, -0.1) is 11.8 Å². The second-order valence-electron chi connectivity index (χ2n) is 8.93. The van der Waals surface area contributed by atoms with Crippen molar-refractivity contribution in [2.75, 3.05) is 44.3 Å². The molecule has 0 radical (unpaired) electrons. The van der Waals surface area contributed by atoms with E-state index in [-0.39, 0.29) is 29.7 Å². The first kappa shape index (κ1) is 22.2. The number of allylic oxidation sites excluding steroid dienone is 1. The molecule has 4 atom stereocenters. The number of rotatable bonds is 5. The van der Waals surface area contributed by atoms with Gasteiger partial charge < -0.3 is 14.7 Å². The van der Waals surface area contributed by atoms with E-state index >= 15 is 0 Å². The Labute approximate surface area is 193 Å². The van der Waals surface area contributed by atoms with E-state index < -0.39 is 14.6 Å². The van der Waals surface area contributed by atoms with E-state index in [9.17, 15) is 18.3 Å². The van der Waals surface area contributed by atoms with Crippen LogP contribution in [0.25, 0.3) is 0 Å². The first-order chi connectivity index (χ1) is 15.4. The summed E-state index contributed by atoms with van der Waals surface area (Å²) in [7, 11) is -3.41. The number of benzene rings is 1. The molecule has 174 valence electrons. The molecule has 0 saturated carbocycles. The van der Waals surface area contributed by atoms with E-state index in [1.807, 2.05) is 23.6 Å². The summed E-state index contributed by atoms with van der Waals surface area (Å²) in [5, 5.41) is 11.6. The summed E-state index contributed by atoms with van der Waals surface area (Å²) in [6.45, 7) is 3.18. The lowest BCUT2D eigenvalue weighted by atomic mass is 9.92. The summed E-state index contributed by atoms with van der Waals surface area (Å²) in [5.41, 5.74) is 0.969. The Morgan fingerprint density at radius 1 is 1.09 bits per heavy atom. The molecule has 0 aliphatic carbocycles. The largest absolute Gasteiger partial charge is 0.508 e. The van der Waals surface area contributed by atoms with Crippen molar-refractivity contribution >= 4 is 33.3 Å². The minimum atomic E-state index is -3.41. The Morgan fingerprint density at radius 2 is 1.81 bits per heavy atom. The maximum atomic E-state index is 13.3. The summed E-state index contributed by atoms with van der Waals surface area (Å²) >= 11 is 1.38. The minimum absolute atomic E-state index is 0.0539. The molecule has 3 saturated heterocycles. The number of hydrogen-bond acceptors (Lipinski definition) is 8. The van der Waals surface area contributed by atoms with Crippen molar-refractivity contribution < 1.29 is 23.1 Å². The highest BCUT2D eigenvalue weighted by atomic mass is 32.3. The summed E-state index contributed by atoms with van der Waals surface area (Å²) in [6, 6.07) is 7.15. The van der Waals surface area contributed by atoms with Gasteiger partial charge in [0.05, 0.1) is 19.3 Å². The van der Waals surface area contributed by atoms with Crippen LogP contribution in [-0.2, 0) is 19.6 Å². The molecule has 4 aliphatic heterocycles. The Kier molecular flexibility index (Phi) is 6.23. The van der Waals surface area contributed by atoms with Crippen molar-refractivity contribution in [3.63, 3.8) is 0 Å². The topological polar surface area (TPSA) is 90.4 Å². The second kappa shape index (κ2) is 8.98. The number of anilines is 1. The number of fused-ring (bicyclic) bond motifs is 2. The van der Waals surface area contributed by atoms with Crippen molar-refractivity contribution in [1.29, 1.82) is 0 Å². The molecule has 5 rings (SSSR count). The van der Waals surface area contributed by atoms with Crippen molar-refractivity contribution in [2.24, 2.45) is 0 Å². The van der Waals surface area contributed by atoms with Crippen LogP contribution in [0, 0.1) is 0 Å². The number of piperazine rings is 1. The van der Waals surface area contributed by atoms with Crippen molar-refractivity contribution in [3.8, 4) is 5.75 Å². The van der Waals surface area contributed by atoms with Crippen LogP contribution in [0.2, 0.25) is 0 Å². The fraction of sp³-hybridized carbons (Fsp3) is 0.591. The van der Waals surface area contributed by atoms with Gasteiger partial charge in [0, 0.05) is 56.8 Å². The van der Waals surface area contributed by atoms with Crippen LogP contribution in [0.5, 0.6) is 5.75 Å². The van der Waals surface area contributed by atoms with Crippen LogP contribution in [-0.4, -0.2) is 90.6 Å². The van der Waals surface area contributed by atoms with Gasteiger partial charge in [-0.3, -0.25) is 9.69 Å². The van der Waals surface area contributed by atoms with Crippen molar-refractivity contribution in [3.05, 3.63) is 35.7 Å². The summed E-state index contributed by atoms with van der Waals surface area (Å²) in [5.74, 6) is 0.493. The average molecular weight is 480 g/mol. The third kappa shape index (κ3) is 4.31. The zero-order valence-electron chi connectivity index (χ0n) is 17.9. The van der Waals surface area contributed by atoms with Crippen molar-refractivity contribution in [1.82, 2.24) is 9.21 Å². The highest BCUT2D eigenvalue weighted by molar-refractivity contribution is 8.14. The predicted octanol–water partition coefficient (Wildman–Crippen LogP) is 1.62. The number of nitrogens with zero attached hydrogens (tertiary/aromatic N) is 3. The molecular weight excluding hydrogens is 450 g/mol. The van der Waals surface area contributed by atoms with E-state index in [1.165, 1.54) is 11.8 Å². The van der Waals surface area contributed by atoms with Gasteiger partial charge in [-0.1, -0.05) is 6.08 Å². The molecule has 1 N–H and O–H groups in total. The van der Waals surface area contributed by atoms with Crippen LogP contribution in [0.3, 0.4) is 0 Å². The number of Topliss-reactive ketones (excluding diaryl/α,β-unsaturated/α-hetero) is 1. The number of aromatic hydroxyl groups is 1. The molecule has 0 amide bonds. The number of ketones is 1. The van der Waals surface area contributed by atoms with E-state index in [4.69, 9.17) is 4.74 Å². The van der Waals surface area contributed by atoms with Gasteiger partial charge in [0.2, 0.25) is 10.0 Å². The predicted molar refractivity (Wildman–Crippen MR) is 124 cm³/mol. The Morgan fingerprint density at radius 3 is 2.47 bits per heavy atom. The van der Waals surface area contributed by atoms with Crippen LogP contribution >= 0.6 is 11.8 Å². The molecule has 1 unspecified atom stereocenters. The fourth-order valence-corrected chi connectivity index (χ4v) is 8.40. The first-order valence-corrected chi connectivity index (χ1v) is 13.6. The Bertz CT molecular complexity index is 960. The number of carbonyl (C=O) groups excluding carboxylic acids is 1. The molecule has 10 heteroatoms. The molecule has 0 aromatic heterocycles. The normalized spacial score (nSPS) is 31.9. The molecular formula is C22H29N3O5S2. The highest BCUT2D eigenvalue weighted by Gasteiger charge is 2.43. The lowest BCUT2D eigenvalue weighted by Crippen LogP contribution is -2.64. The molecule has 2 bridgehead atoms. The number of hydrogen-bond donors (Lipinski definition) is 1. The molecule has 4 heterocycles. The van der Waals surface area contributed by atoms with Gasteiger partial charge in [0.15, 0.2) is 0 Å². The van der Waals surface area contributed by atoms with Gasteiger partial charge in [0.1, 0.15) is 16.1 Å². The smallest absolute Gasteiger partial charge is 0.227 e. The SMILES string of the molecule is O=C1C[C@H]2COC[C@@H](C1)N2C[C@H]1CN(S(=O)(=O)C2CC=CS2)CCN1c1ccc(O)cc1. The summed E-state index contributed by atoms with van der Waals surface area (Å²) in [6.07, 6.45) is 3.46. The molecule has 1 aromatic rings. The number of phenols is 1. The van der Waals surface area contributed by atoms with Crippen LogP contribution in [0.15, 0.2) is 35.7 Å². The number of thioether (sulfide) groups is 1. The third-order valence-electron chi connectivity index (χ3n) is 6.88. The molecule has 8 nitrogen and oxygen atoms in total.